The second-order valence-electron chi connectivity index (χ2n) is 5.26. The molecule has 1 aromatic heterocycles. The van der Waals surface area contributed by atoms with E-state index >= 15 is 0 Å². The summed E-state index contributed by atoms with van der Waals surface area (Å²) in [6.45, 7) is 0.647. The fraction of sp³-hybridized carbons (Fsp3) is 0.176. The molecule has 3 nitrogen and oxygen atoms in total. The van der Waals surface area contributed by atoms with Gasteiger partial charge in [0.15, 0.2) is 0 Å². The molecule has 1 atom stereocenters. The summed E-state index contributed by atoms with van der Waals surface area (Å²) in [7, 11) is 0. The van der Waals surface area contributed by atoms with Gasteiger partial charge >= 0.3 is 0 Å². The van der Waals surface area contributed by atoms with Crippen LogP contribution in [-0.2, 0) is 6.54 Å². The second kappa shape index (κ2) is 5.04. The second-order valence-corrected chi connectivity index (χ2v) is 6.33. The molecule has 1 aliphatic rings. The van der Waals surface area contributed by atoms with Gasteiger partial charge in [-0.15, -0.1) is 11.8 Å². The minimum atomic E-state index is 0.00230. The van der Waals surface area contributed by atoms with Gasteiger partial charge in [0.05, 0.1) is 18.1 Å². The first-order valence-electron chi connectivity index (χ1n) is 6.99. The van der Waals surface area contributed by atoms with E-state index in [1.54, 1.807) is 10.9 Å². The number of fused-ring (bicyclic) bond motifs is 2. The average Bonchev–Trinajstić information content (AvgIpc) is 2.94. The normalized spacial score (nSPS) is 17.0. The standard InChI is InChI=1S/C17H14N2OS/c20-17-15-7-2-1-5-12(15)9-18-19(17)10-13-11-21-16-8-4-3-6-14(13)16/h1-9,13H,10-11H2. The molecule has 1 aliphatic heterocycles. The molecule has 0 amide bonds. The lowest BCUT2D eigenvalue weighted by atomic mass is 10.0. The minimum Gasteiger partial charge on any atom is -0.267 e. The zero-order valence-electron chi connectivity index (χ0n) is 11.4. The summed E-state index contributed by atoms with van der Waals surface area (Å²) in [5.41, 5.74) is 1.34. The number of hydrogen-bond donors (Lipinski definition) is 0. The topological polar surface area (TPSA) is 34.9 Å². The molecule has 4 rings (SSSR count). The van der Waals surface area contributed by atoms with Gasteiger partial charge in [-0.2, -0.15) is 5.10 Å². The molecule has 0 spiro atoms. The highest BCUT2D eigenvalue weighted by Crippen LogP contribution is 2.39. The highest BCUT2D eigenvalue weighted by atomic mass is 32.2. The van der Waals surface area contributed by atoms with Crippen molar-refractivity contribution in [3.63, 3.8) is 0 Å². The maximum absolute atomic E-state index is 12.5. The molecule has 2 aromatic carbocycles. The Bertz CT molecular complexity index is 872. The van der Waals surface area contributed by atoms with Crippen LogP contribution in [0.3, 0.4) is 0 Å². The third-order valence-corrected chi connectivity index (χ3v) is 5.21. The van der Waals surface area contributed by atoms with Gasteiger partial charge in [0.2, 0.25) is 0 Å². The Hall–Kier alpha value is -2.07. The molecule has 1 unspecified atom stereocenters. The Kier molecular flexibility index (Phi) is 3.04. The van der Waals surface area contributed by atoms with Crippen molar-refractivity contribution in [2.24, 2.45) is 0 Å². The van der Waals surface area contributed by atoms with Crippen molar-refractivity contribution in [3.8, 4) is 0 Å². The van der Waals surface area contributed by atoms with Crippen LogP contribution in [0, 0.1) is 0 Å². The van der Waals surface area contributed by atoms with Crippen molar-refractivity contribution in [3.05, 3.63) is 70.6 Å². The molecular weight excluding hydrogens is 280 g/mol. The molecule has 0 bridgehead atoms. The molecule has 3 aromatic rings. The van der Waals surface area contributed by atoms with Crippen LogP contribution in [0.1, 0.15) is 11.5 Å². The molecule has 0 aliphatic carbocycles. The summed E-state index contributed by atoms with van der Waals surface area (Å²) in [5, 5.41) is 5.98. The fourth-order valence-electron chi connectivity index (χ4n) is 2.85. The molecule has 0 N–H and O–H groups in total. The maximum atomic E-state index is 12.5. The first kappa shape index (κ1) is 12.7. The minimum absolute atomic E-state index is 0.00230. The van der Waals surface area contributed by atoms with E-state index in [0.717, 1.165) is 16.5 Å². The van der Waals surface area contributed by atoms with Crippen molar-refractivity contribution >= 4 is 22.5 Å². The SMILES string of the molecule is O=c1c2ccccc2cnn1CC1CSc2ccccc21. The largest absolute Gasteiger partial charge is 0.274 e. The lowest BCUT2D eigenvalue weighted by Crippen LogP contribution is -2.25. The number of benzene rings is 2. The van der Waals surface area contributed by atoms with Crippen molar-refractivity contribution in [2.75, 3.05) is 5.75 Å². The predicted octanol–water partition coefficient (Wildman–Crippen LogP) is 3.29. The van der Waals surface area contributed by atoms with Gasteiger partial charge in [0.1, 0.15) is 0 Å². The van der Waals surface area contributed by atoms with Crippen LogP contribution in [0.2, 0.25) is 0 Å². The van der Waals surface area contributed by atoms with Crippen molar-refractivity contribution in [1.82, 2.24) is 9.78 Å². The molecule has 4 heteroatoms. The highest BCUT2D eigenvalue weighted by molar-refractivity contribution is 7.99. The molecule has 104 valence electrons. The van der Waals surface area contributed by atoms with Gasteiger partial charge in [-0.3, -0.25) is 4.79 Å². The zero-order chi connectivity index (χ0) is 14.2. The van der Waals surface area contributed by atoms with E-state index in [9.17, 15) is 4.79 Å². The van der Waals surface area contributed by atoms with Gasteiger partial charge in [-0.1, -0.05) is 36.4 Å². The van der Waals surface area contributed by atoms with Crippen LogP contribution in [-0.4, -0.2) is 15.5 Å². The lowest BCUT2D eigenvalue weighted by Gasteiger charge is -2.12. The summed E-state index contributed by atoms with van der Waals surface area (Å²) in [6.07, 6.45) is 1.78. The van der Waals surface area contributed by atoms with E-state index in [0.29, 0.717) is 12.5 Å². The summed E-state index contributed by atoms with van der Waals surface area (Å²) in [6, 6.07) is 16.1. The Morgan fingerprint density at radius 2 is 1.95 bits per heavy atom. The van der Waals surface area contributed by atoms with Crippen LogP contribution in [0.4, 0.5) is 0 Å². The van der Waals surface area contributed by atoms with E-state index in [4.69, 9.17) is 0 Å². The first-order chi connectivity index (χ1) is 10.3. The third-order valence-electron chi connectivity index (χ3n) is 3.95. The van der Waals surface area contributed by atoms with E-state index in [-0.39, 0.29) is 5.56 Å². The Morgan fingerprint density at radius 3 is 2.90 bits per heavy atom. The highest BCUT2D eigenvalue weighted by Gasteiger charge is 2.23. The van der Waals surface area contributed by atoms with Crippen LogP contribution < -0.4 is 5.56 Å². The van der Waals surface area contributed by atoms with Gasteiger partial charge < -0.3 is 0 Å². The maximum Gasteiger partial charge on any atom is 0.274 e. The van der Waals surface area contributed by atoms with Gasteiger partial charge in [-0.05, 0) is 17.7 Å². The molecule has 0 fully saturated rings. The Morgan fingerprint density at radius 1 is 1.14 bits per heavy atom. The quantitative estimate of drug-likeness (QED) is 0.727. The van der Waals surface area contributed by atoms with Crippen molar-refractivity contribution in [2.45, 2.75) is 17.4 Å². The van der Waals surface area contributed by atoms with Crippen LogP contribution in [0.25, 0.3) is 10.8 Å². The van der Waals surface area contributed by atoms with Gasteiger partial charge in [0, 0.05) is 22.0 Å². The summed E-state index contributed by atoms with van der Waals surface area (Å²) < 4.78 is 1.61. The molecule has 0 saturated carbocycles. The number of aromatic nitrogens is 2. The number of thioether (sulfide) groups is 1. The van der Waals surface area contributed by atoms with Crippen molar-refractivity contribution in [1.29, 1.82) is 0 Å². The van der Waals surface area contributed by atoms with E-state index in [2.05, 4.69) is 29.4 Å². The predicted molar refractivity (Wildman–Crippen MR) is 85.9 cm³/mol. The molecule has 21 heavy (non-hydrogen) atoms. The number of rotatable bonds is 2. The number of nitrogens with zero attached hydrogens (tertiary/aromatic N) is 2. The Balaban J connectivity index is 1.73. The van der Waals surface area contributed by atoms with Crippen LogP contribution >= 0.6 is 11.8 Å². The van der Waals surface area contributed by atoms with Crippen molar-refractivity contribution < 1.29 is 0 Å². The molecule has 0 radical (unpaired) electrons. The van der Waals surface area contributed by atoms with Crippen LogP contribution in [0.15, 0.2) is 64.4 Å². The van der Waals surface area contributed by atoms with E-state index < -0.39 is 0 Å². The smallest absolute Gasteiger partial charge is 0.267 e. The van der Waals surface area contributed by atoms with E-state index in [1.807, 2.05) is 36.0 Å². The molecule has 2 heterocycles. The monoisotopic (exact) mass is 294 g/mol. The molecular formula is C17H14N2OS. The third kappa shape index (κ3) is 2.16. The first-order valence-corrected chi connectivity index (χ1v) is 7.98. The lowest BCUT2D eigenvalue weighted by molar-refractivity contribution is 0.527. The summed E-state index contributed by atoms with van der Waals surface area (Å²) in [4.78, 5) is 13.9. The summed E-state index contributed by atoms with van der Waals surface area (Å²) >= 11 is 1.86. The molecule has 0 saturated heterocycles. The van der Waals surface area contributed by atoms with E-state index in [1.165, 1.54) is 10.5 Å². The van der Waals surface area contributed by atoms with Gasteiger partial charge in [0.25, 0.3) is 5.56 Å². The van der Waals surface area contributed by atoms with Gasteiger partial charge in [-0.25, -0.2) is 4.68 Å². The fourth-order valence-corrected chi connectivity index (χ4v) is 4.09. The zero-order valence-corrected chi connectivity index (χ0v) is 12.2. The van der Waals surface area contributed by atoms with Crippen LogP contribution in [0.5, 0.6) is 0 Å². The summed E-state index contributed by atoms with van der Waals surface area (Å²) in [5.74, 6) is 1.37. The average molecular weight is 294 g/mol. The Labute approximate surface area is 126 Å². The number of hydrogen-bond acceptors (Lipinski definition) is 3.